The lowest BCUT2D eigenvalue weighted by Gasteiger charge is -2.29. The van der Waals surface area contributed by atoms with Crippen molar-refractivity contribution in [3.8, 4) is 18.2 Å². The summed E-state index contributed by atoms with van der Waals surface area (Å²) in [7, 11) is -0.755. The van der Waals surface area contributed by atoms with Gasteiger partial charge in [0.2, 0.25) is 15.9 Å². The van der Waals surface area contributed by atoms with Crippen molar-refractivity contribution in [2.24, 2.45) is 0 Å². The fourth-order valence-corrected chi connectivity index (χ4v) is 2.59. The van der Waals surface area contributed by atoms with Crippen molar-refractivity contribution in [3.05, 3.63) is 18.3 Å². The Morgan fingerprint density at radius 1 is 1.44 bits per heavy atom. The molecule has 0 aliphatic rings. The van der Waals surface area contributed by atoms with Crippen LogP contribution in [-0.2, 0) is 10.0 Å². The Morgan fingerprint density at radius 2 is 2.06 bits per heavy atom. The second-order valence-corrected chi connectivity index (χ2v) is 6.18. The van der Waals surface area contributed by atoms with Crippen molar-refractivity contribution >= 4 is 10.0 Å². The molecule has 0 radical (unpaired) electrons. The first-order valence-electron chi connectivity index (χ1n) is 5.22. The van der Waals surface area contributed by atoms with E-state index >= 15 is 0 Å². The zero-order chi connectivity index (χ0) is 14.0. The highest BCUT2D eigenvalue weighted by Crippen LogP contribution is 2.22. The van der Waals surface area contributed by atoms with E-state index in [0.717, 1.165) is 4.31 Å². The number of nitrogens with zero attached hydrogens (tertiary/aromatic N) is 2. The predicted octanol–water partition coefficient (Wildman–Crippen LogP) is 1.12. The molecule has 98 valence electrons. The Labute approximate surface area is 108 Å². The molecule has 1 rings (SSSR count). The van der Waals surface area contributed by atoms with E-state index < -0.39 is 15.6 Å². The molecule has 0 unspecified atom stereocenters. The molecule has 6 heteroatoms. The Morgan fingerprint density at radius 3 is 2.44 bits per heavy atom. The third-order valence-corrected chi connectivity index (χ3v) is 4.73. The fraction of sp³-hybridized carbons (Fsp3) is 0.417. The van der Waals surface area contributed by atoms with Crippen LogP contribution in [0.15, 0.2) is 23.2 Å². The molecule has 0 bridgehead atoms. The monoisotopic (exact) mass is 268 g/mol. The lowest BCUT2D eigenvalue weighted by Crippen LogP contribution is -2.43. The van der Waals surface area contributed by atoms with Crippen LogP contribution < -0.4 is 4.74 Å². The molecule has 0 saturated heterocycles. The summed E-state index contributed by atoms with van der Waals surface area (Å²) >= 11 is 0. The molecule has 0 saturated carbocycles. The molecule has 1 aromatic heterocycles. The summed E-state index contributed by atoms with van der Waals surface area (Å²) in [6.45, 7) is 3.31. The second-order valence-electron chi connectivity index (χ2n) is 4.21. The van der Waals surface area contributed by atoms with Crippen molar-refractivity contribution in [3.63, 3.8) is 0 Å². The lowest BCUT2D eigenvalue weighted by atomic mass is 10.1. The van der Waals surface area contributed by atoms with Crippen LogP contribution in [0.4, 0.5) is 0 Å². The summed E-state index contributed by atoms with van der Waals surface area (Å²) in [5, 5.41) is 0. The van der Waals surface area contributed by atoms with E-state index in [1.54, 1.807) is 13.8 Å². The molecule has 18 heavy (non-hydrogen) atoms. The van der Waals surface area contributed by atoms with E-state index in [9.17, 15) is 8.42 Å². The van der Waals surface area contributed by atoms with Crippen molar-refractivity contribution in [2.45, 2.75) is 24.3 Å². The Bertz CT molecular complexity index is 556. The summed E-state index contributed by atoms with van der Waals surface area (Å²) in [4.78, 5) is 3.95. The maximum absolute atomic E-state index is 12.3. The first-order chi connectivity index (χ1) is 8.25. The zero-order valence-corrected chi connectivity index (χ0v) is 11.7. The number of sulfonamides is 1. The van der Waals surface area contributed by atoms with Gasteiger partial charge in [-0.25, -0.2) is 13.4 Å². The van der Waals surface area contributed by atoms with Gasteiger partial charge in [0.15, 0.2) is 0 Å². The topological polar surface area (TPSA) is 59.5 Å². The first kappa shape index (κ1) is 14.5. The first-order valence-corrected chi connectivity index (χ1v) is 6.66. The number of rotatable bonds is 4. The van der Waals surface area contributed by atoms with E-state index in [1.807, 2.05) is 0 Å². The average Bonchev–Trinajstić information content (AvgIpc) is 2.37. The van der Waals surface area contributed by atoms with E-state index in [0.29, 0.717) is 5.88 Å². The van der Waals surface area contributed by atoms with Crippen LogP contribution in [0.25, 0.3) is 0 Å². The van der Waals surface area contributed by atoms with Crippen molar-refractivity contribution in [1.29, 1.82) is 0 Å². The Hall–Kier alpha value is -1.58. The minimum atomic E-state index is -3.66. The van der Waals surface area contributed by atoms with Gasteiger partial charge in [-0.05, 0) is 19.9 Å². The molecule has 0 aliphatic carbocycles. The molecule has 0 atom stereocenters. The zero-order valence-electron chi connectivity index (χ0n) is 10.8. The molecular formula is C12H16N2O3S. The fourth-order valence-electron chi connectivity index (χ4n) is 1.19. The van der Waals surface area contributed by atoms with Crippen molar-refractivity contribution in [2.75, 3.05) is 14.2 Å². The summed E-state index contributed by atoms with van der Waals surface area (Å²) in [5.74, 6) is 2.80. The van der Waals surface area contributed by atoms with Crippen LogP contribution in [0.5, 0.6) is 5.88 Å². The standard InChI is InChI=1S/C12H16N2O3S/c1-6-12(2,3)14(4)18(15,16)10-7-8-11(17-5)13-9-10/h1,7-9H,2-5H3. The van der Waals surface area contributed by atoms with Crippen LogP contribution in [0.1, 0.15) is 13.8 Å². The predicted molar refractivity (Wildman–Crippen MR) is 68.6 cm³/mol. The van der Waals surface area contributed by atoms with Crippen molar-refractivity contribution in [1.82, 2.24) is 9.29 Å². The highest BCUT2D eigenvalue weighted by molar-refractivity contribution is 7.89. The molecule has 0 N–H and O–H groups in total. The largest absolute Gasteiger partial charge is 0.481 e. The van der Waals surface area contributed by atoms with E-state index in [-0.39, 0.29) is 4.90 Å². The third kappa shape index (κ3) is 2.63. The molecule has 0 fully saturated rings. The van der Waals surface area contributed by atoms with Crippen LogP contribution in [-0.4, -0.2) is 37.4 Å². The molecule has 0 amide bonds. The SMILES string of the molecule is C#CC(C)(C)N(C)S(=O)(=O)c1ccc(OC)nc1. The summed E-state index contributed by atoms with van der Waals surface area (Å²) in [6.07, 6.45) is 6.58. The minimum Gasteiger partial charge on any atom is -0.481 e. The molecule has 5 nitrogen and oxygen atoms in total. The van der Waals surface area contributed by atoms with Gasteiger partial charge in [0.25, 0.3) is 0 Å². The molecular weight excluding hydrogens is 252 g/mol. The van der Waals surface area contributed by atoms with Crippen LogP contribution in [0.2, 0.25) is 0 Å². The van der Waals surface area contributed by atoms with Gasteiger partial charge in [0.1, 0.15) is 4.90 Å². The van der Waals surface area contributed by atoms with Crippen molar-refractivity contribution < 1.29 is 13.2 Å². The number of methoxy groups -OCH3 is 1. The van der Waals surface area contributed by atoms with Gasteiger partial charge in [-0.15, -0.1) is 6.42 Å². The minimum absolute atomic E-state index is 0.0779. The summed E-state index contributed by atoms with van der Waals surface area (Å²) in [5.41, 5.74) is -0.904. The number of terminal acetylenes is 1. The molecule has 0 aliphatic heterocycles. The molecule has 1 aromatic rings. The Balaban J connectivity index is 3.18. The smallest absolute Gasteiger partial charge is 0.245 e. The molecule has 0 spiro atoms. The van der Waals surface area contributed by atoms with Crippen LogP contribution in [0, 0.1) is 12.3 Å². The average molecular weight is 268 g/mol. The van der Waals surface area contributed by atoms with E-state index in [1.165, 1.54) is 32.5 Å². The Kier molecular flexibility index (Phi) is 3.99. The highest BCUT2D eigenvalue weighted by atomic mass is 32.2. The number of aromatic nitrogens is 1. The van der Waals surface area contributed by atoms with Gasteiger partial charge in [0, 0.05) is 13.1 Å². The normalized spacial score (nSPS) is 12.2. The highest BCUT2D eigenvalue weighted by Gasteiger charge is 2.32. The number of hydrogen-bond acceptors (Lipinski definition) is 4. The summed E-state index contributed by atoms with van der Waals surface area (Å²) in [6, 6.07) is 2.92. The van der Waals surface area contributed by atoms with Crippen LogP contribution in [0.3, 0.4) is 0 Å². The van der Waals surface area contributed by atoms with Gasteiger partial charge in [-0.1, -0.05) is 5.92 Å². The van der Waals surface area contributed by atoms with Gasteiger partial charge in [0.05, 0.1) is 18.8 Å². The molecule has 1 heterocycles. The lowest BCUT2D eigenvalue weighted by molar-refractivity contribution is 0.340. The number of pyridine rings is 1. The van der Waals surface area contributed by atoms with Gasteiger partial charge in [-0.3, -0.25) is 0 Å². The third-order valence-electron chi connectivity index (χ3n) is 2.72. The second kappa shape index (κ2) is 4.96. The molecule has 0 aromatic carbocycles. The van der Waals surface area contributed by atoms with Gasteiger partial charge < -0.3 is 4.74 Å². The maximum atomic E-state index is 12.3. The quantitative estimate of drug-likeness (QED) is 0.768. The number of ether oxygens (including phenoxy) is 1. The van der Waals surface area contributed by atoms with Crippen LogP contribution >= 0.6 is 0 Å². The van der Waals surface area contributed by atoms with E-state index in [4.69, 9.17) is 11.2 Å². The number of hydrogen-bond donors (Lipinski definition) is 0. The van der Waals surface area contributed by atoms with Gasteiger partial charge in [-0.2, -0.15) is 4.31 Å². The van der Waals surface area contributed by atoms with Gasteiger partial charge >= 0.3 is 0 Å². The van der Waals surface area contributed by atoms with E-state index in [2.05, 4.69) is 10.9 Å². The summed E-state index contributed by atoms with van der Waals surface area (Å²) < 4.78 is 30.6. The maximum Gasteiger partial charge on any atom is 0.245 e.